The summed E-state index contributed by atoms with van der Waals surface area (Å²) < 4.78 is 5.52. The lowest BCUT2D eigenvalue weighted by molar-refractivity contribution is 0.122. The molecule has 0 saturated carbocycles. The Morgan fingerprint density at radius 2 is 1.62 bits per heavy atom. The second kappa shape index (κ2) is 10.4. The Bertz CT molecular complexity index is 1130. The number of piperazine rings is 1. The van der Waals surface area contributed by atoms with Crippen molar-refractivity contribution in [2.24, 2.45) is 0 Å². The smallest absolute Gasteiger partial charge is 0.230 e. The standard InChI is InChI=1S/C24H28N8OS/c1-2-30-8-10-31(11-9-30)23-27-21(28-24(29-23)32-12-14-33-15-13-32)19(16-25)22-26-20(17-34-22)18-6-4-3-5-7-18/h3-7,17,19H,2,8-15H2,1H3. The predicted molar refractivity (Wildman–Crippen MR) is 132 cm³/mol. The van der Waals surface area contributed by atoms with Crippen LogP contribution in [0.3, 0.4) is 0 Å². The van der Waals surface area contributed by atoms with Crippen molar-refractivity contribution >= 4 is 23.2 Å². The number of ether oxygens (including phenoxy) is 1. The fourth-order valence-corrected chi connectivity index (χ4v) is 5.06. The summed E-state index contributed by atoms with van der Waals surface area (Å²) in [6, 6.07) is 12.4. The summed E-state index contributed by atoms with van der Waals surface area (Å²) in [5, 5.41) is 12.8. The molecule has 2 aliphatic heterocycles. The molecule has 1 unspecified atom stereocenters. The van der Waals surface area contributed by atoms with E-state index in [9.17, 15) is 5.26 Å². The maximum absolute atomic E-state index is 10.1. The number of likely N-dealkylation sites (N-methyl/N-ethyl adjacent to an activating group) is 1. The summed E-state index contributed by atoms with van der Waals surface area (Å²) in [6.45, 7) is 9.59. The summed E-state index contributed by atoms with van der Waals surface area (Å²) in [7, 11) is 0. The lowest BCUT2D eigenvalue weighted by Crippen LogP contribution is -2.47. The van der Waals surface area contributed by atoms with Gasteiger partial charge in [-0.1, -0.05) is 37.3 Å². The van der Waals surface area contributed by atoms with Crippen molar-refractivity contribution in [3.8, 4) is 17.3 Å². The van der Waals surface area contributed by atoms with Gasteiger partial charge in [0.25, 0.3) is 0 Å². The molecule has 0 radical (unpaired) electrons. The molecule has 1 atom stereocenters. The minimum absolute atomic E-state index is 0.459. The number of thiazole rings is 1. The number of aromatic nitrogens is 4. The van der Waals surface area contributed by atoms with E-state index >= 15 is 0 Å². The van der Waals surface area contributed by atoms with Gasteiger partial charge in [0.05, 0.1) is 25.0 Å². The van der Waals surface area contributed by atoms with E-state index in [1.165, 1.54) is 11.3 Å². The third kappa shape index (κ3) is 4.87. The van der Waals surface area contributed by atoms with Gasteiger partial charge >= 0.3 is 0 Å². The lowest BCUT2D eigenvalue weighted by atomic mass is 10.1. The number of hydrogen-bond acceptors (Lipinski definition) is 10. The van der Waals surface area contributed by atoms with Gasteiger partial charge in [-0.3, -0.25) is 0 Å². The van der Waals surface area contributed by atoms with E-state index in [0.717, 1.165) is 57.1 Å². The molecule has 3 aromatic rings. The molecular weight excluding hydrogens is 448 g/mol. The van der Waals surface area contributed by atoms with Crippen LogP contribution >= 0.6 is 11.3 Å². The number of benzene rings is 1. The Balaban J connectivity index is 1.48. The van der Waals surface area contributed by atoms with Crippen LogP contribution in [-0.2, 0) is 4.74 Å². The van der Waals surface area contributed by atoms with Crippen molar-refractivity contribution in [3.63, 3.8) is 0 Å². The van der Waals surface area contributed by atoms with Crippen LogP contribution in [0.5, 0.6) is 0 Å². The topological polar surface area (TPSA) is 94.3 Å². The maximum atomic E-state index is 10.1. The van der Waals surface area contributed by atoms with Gasteiger partial charge in [-0.05, 0) is 6.54 Å². The highest BCUT2D eigenvalue weighted by atomic mass is 32.1. The van der Waals surface area contributed by atoms with Gasteiger partial charge in [0.1, 0.15) is 5.01 Å². The fourth-order valence-electron chi connectivity index (χ4n) is 4.19. The molecule has 2 aromatic heterocycles. The van der Waals surface area contributed by atoms with E-state index in [2.05, 4.69) is 27.7 Å². The molecule has 5 rings (SSSR count). The minimum Gasteiger partial charge on any atom is -0.378 e. The molecule has 2 fully saturated rings. The molecule has 4 heterocycles. The van der Waals surface area contributed by atoms with Crippen molar-refractivity contribution < 1.29 is 4.74 Å². The zero-order chi connectivity index (χ0) is 23.3. The van der Waals surface area contributed by atoms with E-state index in [0.29, 0.717) is 35.9 Å². The third-order valence-corrected chi connectivity index (χ3v) is 7.16. The van der Waals surface area contributed by atoms with E-state index in [4.69, 9.17) is 24.7 Å². The molecule has 0 amide bonds. The SMILES string of the molecule is CCN1CCN(c2nc(C(C#N)c3nc(-c4ccccc4)cs3)nc(N3CCOCC3)n2)CC1. The highest BCUT2D eigenvalue weighted by molar-refractivity contribution is 7.10. The number of nitriles is 1. The average Bonchev–Trinajstić information content (AvgIpc) is 3.40. The molecule has 9 nitrogen and oxygen atoms in total. The zero-order valence-corrected chi connectivity index (χ0v) is 20.1. The molecule has 2 saturated heterocycles. The number of anilines is 2. The Hall–Kier alpha value is -3.13. The first-order valence-corrected chi connectivity index (χ1v) is 12.6. The van der Waals surface area contributed by atoms with Gasteiger partial charge in [0, 0.05) is 50.2 Å². The van der Waals surface area contributed by atoms with E-state index < -0.39 is 5.92 Å². The number of morpholine rings is 1. The lowest BCUT2D eigenvalue weighted by Gasteiger charge is -2.35. The molecule has 2 aliphatic rings. The van der Waals surface area contributed by atoms with Gasteiger partial charge in [0.15, 0.2) is 11.7 Å². The molecule has 1 aromatic carbocycles. The van der Waals surface area contributed by atoms with Gasteiger partial charge < -0.3 is 19.4 Å². The third-order valence-electron chi connectivity index (χ3n) is 6.25. The Morgan fingerprint density at radius 1 is 0.941 bits per heavy atom. The van der Waals surface area contributed by atoms with Crippen LogP contribution in [0.4, 0.5) is 11.9 Å². The van der Waals surface area contributed by atoms with Crippen molar-refractivity contribution in [1.29, 1.82) is 5.26 Å². The highest BCUT2D eigenvalue weighted by Gasteiger charge is 2.27. The van der Waals surface area contributed by atoms with Crippen LogP contribution in [0, 0.1) is 11.3 Å². The quantitative estimate of drug-likeness (QED) is 0.532. The second-order valence-corrected chi connectivity index (χ2v) is 9.20. The van der Waals surface area contributed by atoms with Crippen molar-refractivity contribution in [2.75, 3.05) is 68.8 Å². The van der Waals surface area contributed by atoms with E-state index in [1.54, 1.807) is 0 Å². The first-order valence-electron chi connectivity index (χ1n) is 11.7. The Kier molecular flexibility index (Phi) is 6.94. The zero-order valence-electron chi connectivity index (χ0n) is 19.3. The summed E-state index contributed by atoms with van der Waals surface area (Å²) in [5.41, 5.74) is 1.89. The predicted octanol–water partition coefficient (Wildman–Crippen LogP) is 2.63. The van der Waals surface area contributed by atoms with Gasteiger partial charge in [-0.2, -0.15) is 20.2 Å². The first-order chi connectivity index (χ1) is 16.7. The van der Waals surface area contributed by atoms with E-state index in [-0.39, 0.29) is 0 Å². The fraction of sp³-hybridized carbons (Fsp3) is 0.458. The van der Waals surface area contributed by atoms with Gasteiger partial charge in [-0.15, -0.1) is 11.3 Å². The van der Waals surface area contributed by atoms with Crippen LogP contribution in [0.2, 0.25) is 0 Å². The average molecular weight is 477 g/mol. The number of nitrogens with zero attached hydrogens (tertiary/aromatic N) is 8. The summed E-state index contributed by atoms with van der Waals surface area (Å²) in [5.74, 6) is 1.06. The van der Waals surface area contributed by atoms with Crippen LogP contribution in [0.25, 0.3) is 11.3 Å². The van der Waals surface area contributed by atoms with Crippen molar-refractivity contribution in [2.45, 2.75) is 12.8 Å². The maximum Gasteiger partial charge on any atom is 0.230 e. The summed E-state index contributed by atoms with van der Waals surface area (Å²) in [6.07, 6.45) is 0. The van der Waals surface area contributed by atoms with Crippen molar-refractivity contribution in [1.82, 2.24) is 24.8 Å². The molecule has 0 spiro atoms. The normalized spacial score (nSPS) is 18.0. The molecule has 176 valence electrons. The van der Waals surface area contributed by atoms with Crippen LogP contribution in [0.15, 0.2) is 35.7 Å². The molecule has 0 aliphatic carbocycles. The molecular formula is C24H28N8OS. The van der Waals surface area contributed by atoms with Crippen LogP contribution in [0.1, 0.15) is 23.7 Å². The number of rotatable bonds is 6. The monoisotopic (exact) mass is 476 g/mol. The van der Waals surface area contributed by atoms with Crippen LogP contribution < -0.4 is 9.80 Å². The highest BCUT2D eigenvalue weighted by Crippen LogP contribution is 2.30. The summed E-state index contributed by atoms with van der Waals surface area (Å²) in [4.78, 5) is 25.9. The van der Waals surface area contributed by atoms with Gasteiger partial charge in [0.2, 0.25) is 11.9 Å². The number of hydrogen-bond donors (Lipinski definition) is 0. The minimum atomic E-state index is -0.652. The molecule has 0 bridgehead atoms. The Morgan fingerprint density at radius 3 is 2.26 bits per heavy atom. The molecule has 10 heteroatoms. The Labute approximate surface area is 203 Å². The van der Waals surface area contributed by atoms with Gasteiger partial charge in [-0.25, -0.2) is 4.98 Å². The molecule has 0 N–H and O–H groups in total. The summed E-state index contributed by atoms with van der Waals surface area (Å²) >= 11 is 1.47. The van der Waals surface area contributed by atoms with E-state index in [1.807, 2.05) is 35.7 Å². The first kappa shape index (κ1) is 22.7. The molecule has 34 heavy (non-hydrogen) atoms. The largest absolute Gasteiger partial charge is 0.378 e. The van der Waals surface area contributed by atoms with Crippen molar-refractivity contribution in [3.05, 3.63) is 46.5 Å². The second-order valence-electron chi connectivity index (χ2n) is 8.31. The van der Waals surface area contributed by atoms with Crippen LogP contribution in [-0.4, -0.2) is 83.9 Å².